The largest absolute Gasteiger partial charge is 0.497 e. The number of methoxy groups -OCH3 is 1. The Hall–Kier alpha value is -2.53. The molecule has 0 saturated carbocycles. The van der Waals surface area contributed by atoms with Gasteiger partial charge in [0.2, 0.25) is 11.8 Å². The van der Waals surface area contributed by atoms with Crippen LogP contribution in [0.5, 0.6) is 5.75 Å². The van der Waals surface area contributed by atoms with E-state index >= 15 is 0 Å². The van der Waals surface area contributed by atoms with Crippen molar-refractivity contribution >= 4 is 29.1 Å². The molecule has 6 heteroatoms. The summed E-state index contributed by atoms with van der Waals surface area (Å²) in [5.41, 5.74) is 1.83. The van der Waals surface area contributed by atoms with Crippen LogP contribution < -0.4 is 15.0 Å². The molecule has 1 saturated heterocycles. The zero-order chi connectivity index (χ0) is 18.5. The van der Waals surface area contributed by atoms with Crippen LogP contribution in [-0.4, -0.2) is 32.0 Å². The number of benzene rings is 2. The molecule has 2 aromatic rings. The minimum absolute atomic E-state index is 0.172. The number of carbonyl (C=O) groups is 2. The number of hydrogen-bond acceptors (Lipinski definition) is 3. The molecule has 136 valence electrons. The van der Waals surface area contributed by atoms with Crippen molar-refractivity contribution in [3.05, 3.63) is 59.1 Å². The number of halogens is 1. The molecule has 1 fully saturated rings. The molecular formula is C20H21ClN2O3. The molecule has 1 N–H and O–H groups in total. The van der Waals surface area contributed by atoms with Crippen LogP contribution in [0.3, 0.4) is 0 Å². The Morgan fingerprint density at radius 2 is 2.04 bits per heavy atom. The summed E-state index contributed by atoms with van der Waals surface area (Å²) in [6.45, 7) is 1.02. The second-order valence-electron chi connectivity index (χ2n) is 6.20. The first-order valence-corrected chi connectivity index (χ1v) is 8.94. The second-order valence-corrected chi connectivity index (χ2v) is 6.64. The third-order valence-electron chi connectivity index (χ3n) is 4.51. The fourth-order valence-corrected chi connectivity index (χ4v) is 3.25. The lowest BCUT2D eigenvalue weighted by Gasteiger charge is -2.17. The second kappa shape index (κ2) is 8.23. The third-order valence-corrected chi connectivity index (χ3v) is 4.75. The summed E-state index contributed by atoms with van der Waals surface area (Å²) in [5.74, 6) is -0.220. The van der Waals surface area contributed by atoms with Crippen molar-refractivity contribution in [1.29, 1.82) is 0 Å². The predicted molar refractivity (Wildman–Crippen MR) is 102 cm³/mol. The molecule has 0 unspecified atom stereocenters. The minimum atomic E-state index is -0.634. The summed E-state index contributed by atoms with van der Waals surface area (Å²) in [4.78, 5) is 26.6. The van der Waals surface area contributed by atoms with Crippen LogP contribution in [0, 0.1) is 5.92 Å². The van der Waals surface area contributed by atoms with Gasteiger partial charge >= 0.3 is 0 Å². The normalized spacial score (nSPS) is 16.6. The van der Waals surface area contributed by atoms with Crippen LogP contribution in [0.4, 0.5) is 5.69 Å². The van der Waals surface area contributed by atoms with Gasteiger partial charge in [0, 0.05) is 23.8 Å². The van der Waals surface area contributed by atoms with Crippen molar-refractivity contribution < 1.29 is 14.3 Å². The average molecular weight is 373 g/mol. The van der Waals surface area contributed by atoms with Gasteiger partial charge in [0.25, 0.3) is 0 Å². The monoisotopic (exact) mass is 372 g/mol. The zero-order valence-corrected chi connectivity index (χ0v) is 15.3. The summed E-state index contributed by atoms with van der Waals surface area (Å²) in [6.07, 6.45) is 1.22. The molecule has 1 aliphatic rings. The Morgan fingerprint density at radius 3 is 2.73 bits per heavy atom. The zero-order valence-electron chi connectivity index (χ0n) is 14.6. The summed E-state index contributed by atoms with van der Waals surface area (Å²) in [7, 11) is 1.63. The van der Waals surface area contributed by atoms with E-state index in [1.807, 2.05) is 30.3 Å². The van der Waals surface area contributed by atoms with E-state index in [0.29, 0.717) is 31.0 Å². The molecule has 0 aromatic heterocycles. The van der Waals surface area contributed by atoms with E-state index in [9.17, 15) is 9.59 Å². The molecule has 1 atom stereocenters. The number of anilines is 1. The Bertz CT molecular complexity index is 792. The first kappa shape index (κ1) is 18.3. The molecule has 0 aliphatic carbocycles. The summed E-state index contributed by atoms with van der Waals surface area (Å²) >= 11 is 5.99. The summed E-state index contributed by atoms with van der Waals surface area (Å²) < 4.78 is 5.12. The Morgan fingerprint density at radius 1 is 1.27 bits per heavy atom. The highest BCUT2D eigenvalue weighted by Gasteiger charge is 2.37. The Balaban J connectivity index is 1.52. The minimum Gasteiger partial charge on any atom is -0.497 e. The molecule has 3 rings (SSSR count). The Kier molecular flexibility index (Phi) is 5.78. The first-order valence-electron chi connectivity index (χ1n) is 8.56. The van der Waals surface area contributed by atoms with E-state index in [-0.39, 0.29) is 11.8 Å². The van der Waals surface area contributed by atoms with Crippen molar-refractivity contribution in [2.45, 2.75) is 12.8 Å². The SMILES string of the molecule is COc1ccc(CCNC(=O)[C@@H]2CCN(c3cccc(Cl)c3)C2=O)cc1. The van der Waals surface area contributed by atoms with Gasteiger partial charge in [-0.25, -0.2) is 0 Å². The number of ether oxygens (including phenoxy) is 1. The average Bonchev–Trinajstić information content (AvgIpc) is 3.04. The van der Waals surface area contributed by atoms with Crippen molar-refractivity contribution in [2.75, 3.05) is 25.1 Å². The van der Waals surface area contributed by atoms with E-state index < -0.39 is 5.92 Å². The van der Waals surface area contributed by atoms with Gasteiger partial charge in [-0.05, 0) is 48.7 Å². The van der Waals surface area contributed by atoms with E-state index in [1.165, 1.54) is 0 Å². The molecule has 1 aliphatic heterocycles. The van der Waals surface area contributed by atoms with Crippen LogP contribution in [0.1, 0.15) is 12.0 Å². The van der Waals surface area contributed by atoms with Crippen molar-refractivity contribution in [2.24, 2.45) is 5.92 Å². The molecule has 0 spiro atoms. The van der Waals surface area contributed by atoms with Gasteiger partial charge in [-0.3, -0.25) is 9.59 Å². The predicted octanol–water partition coefficient (Wildman–Crippen LogP) is 3.06. The number of carbonyl (C=O) groups excluding carboxylic acids is 2. The molecule has 2 aromatic carbocycles. The van der Waals surface area contributed by atoms with Crippen LogP contribution in [-0.2, 0) is 16.0 Å². The number of hydrogen-bond donors (Lipinski definition) is 1. The number of amides is 2. The van der Waals surface area contributed by atoms with Gasteiger partial charge in [-0.15, -0.1) is 0 Å². The van der Waals surface area contributed by atoms with Gasteiger partial charge in [-0.1, -0.05) is 29.8 Å². The van der Waals surface area contributed by atoms with Gasteiger partial charge in [0.1, 0.15) is 11.7 Å². The van der Waals surface area contributed by atoms with Gasteiger partial charge in [-0.2, -0.15) is 0 Å². The molecule has 1 heterocycles. The molecule has 0 radical (unpaired) electrons. The number of nitrogens with zero attached hydrogens (tertiary/aromatic N) is 1. The van der Waals surface area contributed by atoms with Crippen molar-refractivity contribution in [3.8, 4) is 5.75 Å². The summed E-state index contributed by atoms with van der Waals surface area (Å²) in [5, 5.41) is 3.44. The topological polar surface area (TPSA) is 58.6 Å². The maximum absolute atomic E-state index is 12.6. The molecule has 26 heavy (non-hydrogen) atoms. The lowest BCUT2D eigenvalue weighted by molar-refractivity contribution is -0.132. The van der Waals surface area contributed by atoms with Gasteiger partial charge in [0.05, 0.1) is 7.11 Å². The smallest absolute Gasteiger partial charge is 0.239 e. The lowest BCUT2D eigenvalue weighted by Crippen LogP contribution is -2.37. The highest BCUT2D eigenvalue weighted by molar-refractivity contribution is 6.31. The van der Waals surface area contributed by atoms with Gasteiger partial charge in [0.15, 0.2) is 0 Å². The van der Waals surface area contributed by atoms with Crippen LogP contribution in [0.15, 0.2) is 48.5 Å². The third kappa shape index (κ3) is 4.17. The van der Waals surface area contributed by atoms with Crippen LogP contribution in [0.25, 0.3) is 0 Å². The molecule has 5 nitrogen and oxygen atoms in total. The lowest BCUT2D eigenvalue weighted by atomic mass is 10.1. The standard InChI is InChI=1S/C20H21ClN2O3/c1-26-17-7-5-14(6-8-17)9-11-22-19(24)18-10-12-23(20(18)25)16-4-2-3-15(21)13-16/h2-8,13,18H,9-12H2,1H3,(H,22,24)/t18-/m0/s1. The maximum Gasteiger partial charge on any atom is 0.239 e. The molecule has 0 bridgehead atoms. The van der Waals surface area contributed by atoms with E-state index in [2.05, 4.69) is 5.32 Å². The van der Waals surface area contributed by atoms with E-state index in [1.54, 1.807) is 30.2 Å². The number of nitrogens with one attached hydrogen (secondary N) is 1. The fraction of sp³-hybridized carbons (Fsp3) is 0.300. The fourth-order valence-electron chi connectivity index (χ4n) is 3.07. The van der Waals surface area contributed by atoms with E-state index in [0.717, 1.165) is 17.0 Å². The molecule has 2 amide bonds. The van der Waals surface area contributed by atoms with Gasteiger partial charge < -0.3 is 15.0 Å². The quantitative estimate of drug-likeness (QED) is 0.793. The molecular weight excluding hydrogens is 352 g/mol. The summed E-state index contributed by atoms with van der Waals surface area (Å²) in [6, 6.07) is 14.8. The van der Waals surface area contributed by atoms with E-state index in [4.69, 9.17) is 16.3 Å². The van der Waals surface area contributed by atoms with Crippen LogP contribution >= 0.6 is 11.6 Å². The number of rotatable bonds is 6. The maximum atomic E-state index is 12.6. The van der Waals surface area contributed by atoms with Crippen LogP contribution in [0.2, 0.25) is 5.02 Å². The van der Waals surface area contributed by atoms with Crippen molar-refractivity contribution in [3.63, 3.8) is 0 Å². The van der Waals surface area contributed by atoms with Crippen molar-refractivity contribution in [1.82, 2.24) is 5.32 Å². The Labute approximate surface area is 157 Å². The first-order chi connectivity index (χ1) is 12.6. The highest BCUT2D eigenvalue weighted by Crippen LogP contribution is 2.27. The highest BCUT2D eigenvalue weighted by atomic mass is 35.5.